The second kappa shape index (κ2) is 8.73. The van der Waals surface area contributed by atoms with Crippen molar-refractivity contribution in [3.8, 4) is 0 Å². The molecule has 1 aromatic heterocycles. The molecule has 0 spiro atoms. The highest BCUT2D eigenvalue weighted by molar-refractivity contribution is 5.79. The van der Waals surface area contributed by atoms with Crippen LogP contribution >= 0.6 is 0 Å². The summed E-state index contributed by atoms with van der Waals surface area (Å²) < 4.78 is 2.36. The minimum absolute atomic E-state index is 0.105. The minimum Gasteiger partial charge on any atom is -0.349 e. The first kappa shape index (κ1) is 20.7. The maximum absolute atomic E-state index is 12.7. The van der Waals surface area contributed by atoms with E-state index in [2.05, 4.69) is 63.1 Å². The average molecular weight is 422 g/mol. The standard InChI is InChI=1S/C25H35N5O/c1-17-27-28-18(2)30(17)23-15-21-11-12-22(16-23)29(21)14-13-24(19-7-4-3-5-8-19)26-25(31)20-9-6-10-20/h3-5,7-8,20-24H,6,9-16H2,1-2H3,(H,26,31)/t21?,22?,23?,24-/m0/s1. The van der Waals surface area contributed by atoms with Gasteiger partial charge in [0.25, 0.3) is 0 Å². The fourth-order valence-electron chi connectivity index (χ4n) is 6.07. The second-order valence-corrected chi connectivity index (χ2v) is 9.80. The molecule has 31 heavy (non-hydrogen) atoms. The molecule has 1 amide bonds. The van der Waals surface area contributed by atoms with E-state index in [1.54, 1.807) is 0 Å². The van der Waals surface area contributed by atoms with Gasteiger partial charge >= 0.3 is 0 Å². The van der Waals surface area contributed by atoms with Crippen molar-refractivity contribution in [3.63, 3.8) is 0 Å². The molecule has 0 radical (unpaired) electrons. The molecule has 5 rings (SSSR count). The predicted octanol–water partition coefficient (Wildman–Crippen LogP) is 4.11. The molecular weight excluding hydrogens is 386 g/mol. The summed E-state index contributed by atoms with van der Waals surface area (Å²) >= 11 is 0. The number of nitrogens with one attached hydrogen (secondary N) is 1. The maximum atomic E-state index is 12.7. The average Bonchev–Trinajstić information content (AvgIpc) is 3.18. The van der Waals surface area contributed by atoms with Crippen molar-refractivity contribution in [1.29, 1.82) is 0 Å². The lowest BCUT2D eigenvalue weighted by atomic mass is 9.84. The van der Waals surface area contributed by atoms with E-state index in [0.717, 1.165) is 37.5 Å². The number of aryl methyl sites for hydroxylation is 2. The number of rotatable bonds is 7. The van der Waals surface area contributed by atoms with Crippen LogP contribution in [-0.4, -0.2) is 44.2 Å². The molecule has 1 aliphatic carbocycles. The summed E-state index contributed by atoms with van der Waals surface area (Å²) in [5, 5.41) is 12.0. The molecule has 3 atom stereocenters. The zero-order chi connectivity index (χ0) is 21.4. The Morgan fingerprint density at radius 1 is 1.00 bits per heavy atom. The smallest absolute Gasteiger partial charge is 0.223 e. The third-order valence-electron chi connectivity index (χ3n) is 7.93. The first-order valence-corrected chi connectivity index (χ1v) is 12.1. The molecule has 2 aromatic rings. The van der Waals surface area contributed by atoms with Gasteiger partial charge in [0.2, 0.25) is 5.91 Å². The molecule has 2 saturated heterocycles. The van der Waals surface area contributed by atoms with Crippen molar-refractivity contribution in [2.45, 2.75) is 89.4 Å². The van der Waals surface area contributed by atoms with E-state index >= 15 is 0 Å². The zero-order valence-corrected chi connectivity index (χ0v) is 18.8. The van der Waals surface area contributed by atoms with E-state index in [1.807, 2.05) is 6.07 Å². The normalized spacial score (nSPS) is 27.1. The van der Waals surface area contributed by atoms with Gasteiger partial charge in [-0.25, -0.2) is 0 Å². The van der Waals surface area contributed by atoms with Crippen LogP contribution in [0.3, 0.4) is 0 Å². The van der Waals surface area contributed by atoms with Crippen LogP contribution in [0.2, 0.25) is 0 Å². The Morgan fingerprint density at radius 3 is 2.23 bits per heavy atom. The maximum Gasteiger partial charge on any atom is 0.223 e. The van der Waals surface area contributed by atoms with Crippen LogP contribution in [0.4, 0.5) is 0 Å². The Bertz CT molecular complexity index is 872. The van der Waals surface area contributed by atoms with E-state index < -0.39 is 0 Å². The summed E-state index contributed by atoms with van der Waals surface area (Å²) in [4.78, 5) is 15.4. The van der Waals surface area contributed by atoms with Gasteiger partial charge in [0.05, 0.1) is 6.04 Å². The van der Waals surface area contributed by atoms with Crippen molar-refractivity contribution in [3.05, 3.63) is 47.5 Å². The lowest BCUT2D eigenvalue weighted by molar-refractivity contribution is -0.128. The summed E-state index contributed by atoms with van der Waals surface area (Å²) in [6.45, 7) is 5.19. The Morgan fingerprint density at radius 2 is 1.65 bits per heavy atom. The number of fused-ring (bicyclic) bond motifs is 2. The Hall–Kier alpha value is -2.21. The number of nitrogens with zero attached hydrogens (tertiary/aromatic N) is 4. The monoisotopic (exact) mass is 421 g/mol. The Labute approximate surface area is 185 Å². The van der Waals surface area contributed by atoms with E-state index in [9.17, 15) is 4.79 Å². The summed E-state index contributed by atoms with van der Waals surface area (Å²) in [5.41, 5.74) is 1.23. The lowest BCUT2D eigenvalue weighted by Crippen LogP contribution is -2.45. The van der Waals surface area contributed by atoms with Gasteiger partial charge < -0.3 is 9.88 Å². The first-order valence-electron chi connectivity index (χ1n) is 12.1. The van der Waals surface area contributed by atoms with E-state index in [4.69, 9.17) is 0 Å². The second-order valence-electron chi connectivity index (χ2n) is 9.80. The topological polar surface area (TPSA) is 63.1 Å². The van der Waals surface area contributed by atoms with Gasteiger partial charge in [0, 0.05) is 30.6 Å². The molecule has 3 fully saturated rings. The van der Waals surface area contributed by atoms with Gasteiger partial charge in [-0.15, -0.1) is 10.2 Å². The summed E-state index contributed by atoms with van der Waals surface area (Å²) in [6.07, 6.45) is 9.20. The van der Waals surface area contributed by atoms with Crippen molar-refractivity contribution in [2.75, 3.05) is 6.54 Å². The van der Waals surface area contributed by atoms with Crippen molar-refractivity contribution in [2.24, 2.45) is 5.92 Å². The van der Waals surface area contributed by atoms with Crippen LogP contribution in [0.25, 0.3) is 0 Å². The number of carbonyl (C=O) groups excluding carboxylic acids is 1. The number of hydrogen-bond donors (Lipinski definition) is 1. The highest BCUT2D eigenvalue weighted by Crippen LogP contribution is 2.42. The minimum atomic E-state index is 0.105. The Kier molecular flexibility index (Phi) is 5.83. The van der Waals surface area contributed by atoms with Crippen LogP contribution in [0.1, 0.15) is 80.7 Å². The molecule has 1 saturated carbocycles. The molecule has 2 bridgehead atoms. The molecule has 2 unspecified atom stereocenters. The summed E-state index contributed by atoms with van der Waals surface area (Å²) in [5.74, 6) is 2.56. The largest absolute Gasteiger partial charge is 0.349 e. The zero-order valence-electron chi connectivity index (χ0n) is 18.8. The van der Waals surface area contributed by atoms with Gasteiger partial charge in [-0.1, -0.05) is 36.8 Å². The lowest BCUT2D eigenvalue weighted by Gasteiger charge is -2.40. The number of carbonyl (C=O) groups is 1. The van der Waals surface area contributed by atoms with Crippen LogP contribution < -0.4 is 5.32 Å². The van der Waals surface area contributed by atoms with Crippen LogP contribution in [0.15, 0.2) is 30.3 Å². The van der Waals surface area contributed by atoms with Gasteiger partial charge in [-0.3, -0.25) is 9.69 Å². The molecule has 2 aliphatic heterocycles. The van der Waals surface area contributed by atoms with Crippen molar-refractivity contribution >= 4 is 5.91 Å². The van der Waals surface area contributed by atoms with E-state index in [0.29, 0.717) is 18.1 Å². The fraction of sp³-hybridized carbons (Fsp3) is 0.640. The quantitative estimate of drug-likeness (QED) is 0.731. The predicted molar refractivity (Wildman–Crippen MR) is 121 cm³/mol. The van der Waals surface area contributed by atoms with Gasteiger partial charge in [-0.2, -0.15) is 0 Å². The number of hydrogen-bond acceptors (Lipinski definition) is 4. The SMILES string of the molecule is Cc1nnc(C)n1C1CC2CCC(C1)N2CC[C@H](NC(=O)C1CCC1)c1ccccc1. The van der Waals surface area contributed by atoms with Crippen LogP contribution in [-0.2, 0) is 4.79 Å². The first-order chi connectivity index (χ1) is 15.1. The van der Waals surface area contributed by atoms with Crippen molar-refractivity contribution in [1.82, 2.24) is 25.0 Å². The van der Waals surface area contributed by atoms with E-state index in [1.165, 1.54) is 37.7 Å². The van der Waals surface area contributed by atoms with Crippen LogP contribution in [0, 0.1) is 19.8 Å². The van der Waals surface area contributed by atoms with E-state index in [-0.39, 0.29) is 17.9 Å². The summed E-state index contributed by atoms with van der Waals surface area (Å²) in [7, 11) is 0. The number of piperidine rings is 1. The molecule has 6 nitrogen and oxygen atoms in total. The van der Waals surface area contributed by atoms with Gasteiger partial charge in [-0.05, 0) is 64.4 Å². The highest BCUT2D eigenvalue weighted by Gasteiger charge is 2.42. The number of benzene rings is 1. The van der Waals surface area contributed by atoms with Crippen molar-refractivity contribution < 1.29 is 4.79 Å². The molecule has 1 aromatic carbocycles. The third-order valence-corrected chi connectivity index (χ3v) is 7.93. The molecule has 3 heterocycles. The highest BCUT2D eigenvalue weighted by atomic mass is 16.2. The molecule has 6 heteroatoms. The van der Waals surface area contributed by atoms with Gasteiger partial charge in [0.15, 0.2) is 0 Å². The summed E-state index contributed by atoms with van der Waals surface area (Å²) in [6, 6.07) is 12.4. The molecular formula is C25H35N5O. The third kappa shape index (κ3) is 4.14. The number of amides is 1. The molecule has 3 aliphatic rings. The van der Waals surface area contributed by atoms with Gasteiger partial charge in [0.1, 0.15) is 11.6 Å². The van der Waals surface area contributed by atoms with Crippen LogP contribution in [0.5, 0.6) is 0 Å². The molecule has 1 N–H and O–H groups in total. The number of aromatic nitrogens is 3. The fourth-order valence-corrected chi connectivity index (χ4v) is 6.07. The Balaban J connectivity index is 1.25. The molecule has 166 valence electrons.